The van der Waals surface area contributed by atoms with E-state index < -0.39 is 33.1 Å². The molecule has 0 radical (unpaired) electrons. The lowest BCUT2D eigenvalue weighted by Gasteiger charge is -2.21. The van der Waals surface area contributed by atoms with Crippen molar-refractivity contribution in [2.75, 3.05) is 12.0 Å². The fourth-order valence-corrected chi connectivity index (χ4v) is 5.96. The third-order valence-electron chi connectivity index (χ3n) is 5.87. The van der Waals surface area contributed by atoms with E-state index in [1.54, 1.807) is 38.4 Å². The highest BCUT2D eigenvalue weighted by atomic mass is 32.2. The van der Waals surface area contributed by atoms with Crippen LogP contribution in [0.2, 0.25) is 0 Å². The molecular formula is C27H31FN2O5S2. The fraction of sp³-hybridized carbons (Fsp3) is 0.333. The lowest BCUT2D eigenvalue weighted by molar-refractivity contribution is 0.103. The van der Waals surface area contributed by atoms with Gasteiger partial charge in [-0.1, -0.05) is 25.5 Å². The topological polar surface area (TPSA) is 108 Å². The van der Waals surface area contributed by atoms with Gasteiger partial charge in [-0.3, -0.25) is 9.59 Å². The molecule has 0 aliphatic heterocycles. The van der Waals surface area contributed by atoms with E-state index in [1.807, 2.05) is 6.92 Å². The van der Waals surface area contributed by atoms with Crippen LogP contribution in [0.1, 0.15) is 59.8 Å². The third kappa shape index (κ3) is 7.61. The summed E-state index contributed by atoms with van der Waals surface area (Å²) in [7, 11) is -1.79. The van der Waals surface area contributed by atoms with E-state index >= 15 is 0 Å². The number of hydrogen-bond acceptors (Lipinski definition) is 6. The minimum atomic E-state index is -3.37. The van der Waals surface area contributed by atoms with Crippen LogP contribution in [-0.4, -0.2) is 35.3 Å². The van der Waals surface area contributed by atoms with Crippen molar-refractivity contribution in [2.45, 2.75) is 38.5 Å². The number of benzene rings is 2. The molecular weight excluding hydrogens is 515 g/mol. The zero-order valence-electron chi connectivity index (χ0n) is 21.3. The van der Waals surface area contributed by atoms with Crippen molar-refractivity contribution in [2.24, 2.45) is 7.05 Å². The Morgan fingerprint density at radius 2 is 1.81 bits per heavy atom. The number of carbonyl (C=O) groups is 1. The molecule has 0 bridgehead atoms. The van der Waals surface area contributed by atoms with Crippen molar-refractivity contribution in [1.82, 2.24) is 9.29 Å². The maximum absolute atomic E-state index is 13.5. The first-order valence-electron chi connectivity index (χ1n) is 11.9. The number of aryl methyl sites for hydroxylation is 1. The molecule has 0 spiro atoms. The van der Waals surface area contributed by atoms with E-state index in [2.05, 4.69) is 4.72 Å². The fourth-order valence-electron chi connectivity index (χ4n) is 3.98. The highest BCUT2D eigenvalue weighted by molar-refractivity contribution is 7.90. The van der Waals surface area contributed by atoms with Crippen LogP contribution in [0.15, 0.2) is 59.5 Å². The number of ketones is 1. The van der Waals surface area contributed by atoms with Crippen LogP contribution in [0.25, 0.3) is 11.1 Å². The van der Waals surface area contributed by atoms with Crippen molar-refractivity contribution >= 4 is 27.0 Å². The average molecular weight is 547 g/mol. The van der Waals surface area contributed by atoms with E-state index in [-0.39, 0.29) is 28.2 Å². The largest absolute Gasteiger partial charge is 0.598 e. The number of sulfone groups is 1. The standard InChI is InChI=1S/C27H31FN2O5S2/c1-5-6-13-36(33)29-18(2)23-15-26(31)30(3)16-25(23)24-14-19(17-37(4,34)35)7-12-22(24)27(32)20-8-10-21(28)11-9-20/h7-12,14-16,18,29H,5-6,13,17H2,1-4H3/t18-,36?/m0/s1. The van der Waals surface area contributed by atoms with Crippen molar-refractivity contribution in [3.63, 3.8) is 0 Å². The summed E-state index contributed by atoms with van der Waals surface area (Å²) in [6, 6.07) is 10.8. The lowest BCUT2D eigenvalue weighted by atomic mass is 9.89. The minimum Gasteiger partial charge on any atom is -0.598 e. The summed E-state index contributed by atoms with van der Waals surface area (Å²) in [5.41, 5.74) is 2.19. The normalized spacial score (nSPS) is 13.4. The van der Waals surface area contributed by atoms with Crippen molar-refractivity contribution in [3.8, 4) is 11.1 Å². The summed E-state index contributed by atoms with van der Waals surface area (Å²) >= 11 is -1.33. The van der Waals surface area contributed by atoms with E-state index in [0.29, 0.717) is 28.0 Å². The Labute approximate surface area is 220 Å². The van der Waals surface area contributed by atoms with Gasteiger partial charge in [-0.25, -0.2) is 12.8 Å². The van der Waals surface area contributed by atoms with Gasteiger partial charge in [-0.05, 0) is 60.4 Å². The smallest absolute Gasteiger partial charge is 0.250 e. The average Bonchev–Trinajstić information content (AvgIpc) is 2.83. The van der Waals surface area contributed by atoms with Crippen LogP contribution in [0.5, 0.6) is 0 Å². The molecule has 37 heavy (non-hydrogen) atoms. The second-order valence-corrected chi connectivity index (χ2v) is 12.6. The monoisotopic (exact) mass is 546 g/mol. The first-order chi connectivity index (χ1) is 17.4. The number of rotatable bonds is 11. The first-order valence-corrected chi connectivity index (χ1v) is 15.2. The van der Waals surface area contributed by atoms with Crippen LogP contribution in [0.4, 0.5) is 4.39 Å². The van der Waals surface area contributed by atoms with Gasteiger partial charge >= 0.3 is 0 Å². The van der Waals surface area contributed by atoms with Gasteiger partial charge < -0.3 is 9.12 Å². The van der Waals surface area contributed by atoms with Gasteiger partial charge in [-0.2, -0.15) is 0 Å². The molecule has 1 heterocycles. The van der Waals surface area contributed by atoms with Crippen molar-refractivity contribution in [1.29, 1.82) is 0 Å². The summed E-state index contributed by atoms with van der Waals surface area (Å²) in [6.07, 6.45) is 4.38. The number of nitrogens with zero attached hydrogens (tertiary/aromatic N) is 1. The van der Waals surface area contributed by atoms with Crippen LogP contribution in [-0.2, 0) is 34.0 Å². The lowest BCUT2D eigenvalue weighted by Crippen LogP contribution is -2.30. The number of hydrogen-bond donors (Lipinski definition) is 1. The summed E-state index contributed by atoms with van der Waals surface area (Å²) in [5, 5.41) is 0. The molecule has 3 aromatic rings. The van der Waals surface area contributed by atoms with Gasteiger partial charge in [-0.15, -0.1) is 4.72 Å². The first kappa shape index (κ1) is 28.8. The second-order valence-electron chi connectivity index (χ2n) is 9.12. The molecule has 198 valence electrons. The molecule has 3 rings (SSSR count). The van der Waals surface area contributed by atoms with Crippen LogP contribution < -0.4 is 10.3 Å². The Kier molecular flexibility index (Phi) is 9.46. The van der Waals surface area contributed by atoms with Gasteiger partial charge in [0.25, 0.3) is 5.56 Å². The van der Waals surface area contributed by atoms with Gasteiger partial charge in [0.05, 0.1) is 11.8 Å². The zero-order chi connectivity index (χ0) is 27.3. The maximum atomic E-state index is 13.5. The quantitative estimate of drug-likeness (QED) is 0.287. The summed E-state index contributed by atoms with van der Waals surface area (Å²) < 4.78 is 54.4. The highest BCUT2D eigenvalue weighted by Gasteiger charge is 2.23. The number of carbonyl (C=O) groups excluding carboxylic acids is 1. The molecule has 1 N–H and O–H groups in total. The predicted octanol–water partition coefficient (Wildman–Crippen LogP) is 4.08. The molecule has 2 atom stereocenters. The van der Waals surface area contributed by atoms with Gasteiger partial charge in [0.15, 0.2) is 15.6 Å². The molecule has 0 amide bonds. The Hall–Kier alpha value is -2.79. The molecule has 0 fully saturated rings. The number of aromatic nitrogens is 1. The predicted molar refractivity (Wildman–Crippen MR) is 145 cm³/mol. The summed E-state index contributed by atoms with van der Waals surface area (Å²) in [6.45, 7) is 3.78. The van der Waals surface area contributed by atoms with Gasteiger partial charge in [0.2, 0.25) is 0 Å². The van der Waals surface area contributed by atoms with Gasteiger partial charge in [0.1, 0.15) is 11.6 Å². The number of halogens is 1. The SMILES string of the molecule is CCCC[S+]([O-])N[C@@H](C)c1cc(=O)n(C)cc1-c1cc(CS(C)(=O)=O)ccc1C(=O)c1ccc(F)cc1. The minimum absolute atomic E-state index is 0.235. The second kappa shape index (κ2) is 12.2. The Morgan fingerprint density at radius 1 is 1.14 bits per heavy atom. The van der Waals surface area contributed by atoms with E-state index in [9.17, 15) is 27.0 Å². The summed E-state index contributed by atoms with van der Waals surface area (Å²) in [4.78, 5) is 26.1. The highest BCUT2D eigenvalue weighted by Crippen LogP contribution is 2.33. The van der Waals surface area contributed by atoms with Crippen LogP contribution in [0.3, 0.4) is 0 Å². The Balaban J connectivity index is 2.20. The molecule has 0 aliphatic carbocycles. The van der Waals surface area contributed by atoms with Crippen LogP contribution >= 0.6 is 0 Å². The Morgan fingerprint density at radius 3 is 2.43 bits per heavy atom. The molecule has 7 nitrogen and oxygen atoms in total. The van der Waals surface area contributed by atoms with Gasteiger partial charge in [0, 0.05) is 53.6 Å². The Bertz CT molecular complexity index is 1440. The number of unbranched alkanes of at least 4 members (excludes halogenated alkanes) is 1. The number of nitrogens with one attached hydrogen (secondary N) is 1. The van der Waals surface area contributed by atoms with Crippen LogP contribution in [0, 0.1) is 5.82 Å². The van der Waals surface area contributed by atoms with Crippen molar-refractivity contribution in [3.05, 3.63) is 93.2 Å². The molecule has 0 saturated carbocycles. The molecule has 0 saturated heterocycles. The molecule has 1 aromatic heterocycles. The van der Waals surface area contributed by atoms with Crippen molar-refractivity contribution < 1.29 is 22.2 Å². The number of pyridine rings is 1. The zero-order valence-corrected chi connectivity index (χ0v) is 22.9. The van der Waals surface area contributed by atoms with E-state index in [4.69, 9.17) is 0 Å². The molecule has 0 aliphatic rings. The molecule has 10 heteroatoms. The third-order valence-corrected chi connectivity index (χ3v) is 8.01. The van der Waals surface area contributed by atoms with E-state index in [1.165, 1.54) is 34.9 Å². The molecule has 1 unspecified atom stereocenters. The molecule has 2 aromatic carbocycles. The maximum Gasteiger partial charge on any atom is 0.250 e. The van der Waals surface area contributed by atoms with E-state index in [0.717, 1.165) is 19.1 Å². The summed E-state index contributed by atoms with van der Waals surface area (Å²) in [5.74, 6) is -0.635.